The number of benzene rings is 1. The summed E-state index contributed by atoms with van der Waals surface area (Å²) < 4.78 is 40.4. The van der Waals surface area contributed by atoms with Gasteiger partial charge in [-0.15, -0.1) is 12.4 Å². The second kappa shape index (κ2) is 6.86. The fourth-order valence-electron chi connectivity index (χ4n) is 1.94. The van der Waals surface area contributed by atoms with Gasteiger partial charge in [0.05, 0.1) is 18.0 Å². The Labute approximate surface area is 116 Å². The van der Waals surface area contributed by atoms with Crippen molar-refractivity contribution in [3.63, 3.8) is 0 Å². The number of hydrogen-bond donors (Lipinski definition) is 1. The van der Waals surface area contributed by atoms with Crippen molar-refractivity contribution in [1.29, 1.82) is 0 Å². The molecule has 2 rings (SSSR count). The molecule has 0 radical (unpaired) electrons. The monoisotopic (exact) mass is 296 g/mol. The van der Waals surface area contributed by atoms with Gasteiger partial charge in [-0.3, -0.25) is 0 Å². The minimum absolute atomic E-state index is 0. The molecule has 19 heavy (non-hydrogen) atoms. The number of alkyl halides is 3. The van der Waals surface area contributed by atoms with E-state index in [0.29, 0.717) is 6.54 Å². The molecule has 7 heteroatoms. The molecule has 0 saturated carbocycles. The van der Waals surface area contributed by atoms with E-state index in [1.165, 1.54) is 0 Å². The van der Waals surface area contributed by atoms with Crippen LogP contribution in [0.1, 0.15) is 0 Å². The molecule has 1 aliphatic heterocycles. The number of nitrogens with zero attached hydrogens (tertiary/aromatic N) is 1. The maximum atomic E-state index is 11.9. The SMILES string of the molecule is Cl.FC(F)(F)COCCN1CCNc2ccccc21. The number of fused-ring (bicyclic) bond motifs is 1. The lowest BCUT2D eigenvalue weighted by Gasteiger charge is -2.31. The van der Waals surface area contributed by atoms with Gasteiger partial charge in [0.25, 0.3) is 0 Å². The van der Waals surface area contributed by atoms with Gasteiger partial charge in [-0.1, -0.05) is 12.1 Å². The maximum Gasteiger partial charge on any atom is 0.411 e. The smallest absolute Gasteiger partial charge is 0.382 e. The van der Waals surface area contributed by atoms with Crippen molar-refractivity contribution >= 4 is 23.8 Å². The van der Waals surface area contributed by atoms with Gasteiger partial charge in [-0.2, -0.15) is 13.2 Å². The van der Waals surface area contributed by atoms with Crippen molar-refractivity contribution in [2.45, 2.75) is 6.18 Å². The zero-order valence-electron chi connectivity index (χ0n) is 10.2. The summed E-state index contributed by atoms with van der Waals surface area (Å²) >= 11 is 0. The summed E-state index contributed by atoms with van der Waals surface area (Å²) in [5, 5.41) is 3.24. The molecule has 108 valence electrons. The van der Waals surface area contributed by atoms with Gasteiger partial charge in [-0.25, -0.2) is 0 Å². The van der Waals surface area contributed by atoms with E-state index in [-0.39, 0.29) is 19.0 Å². The molecule has 0 aliphatic carbocycles. The van der Waals surface area contributed by atoms with Crippen LogP contribution in [0.5, 0.6) is 0 Å². The van der Waals surface area contributed by atoms with E-state index in [9.17, 15) is 13.2 Å². The van der Waals surface area contributed by atoms with Crippen molar-refractivity contribution in [2.75, 3.05) is 43.1 Å². The van der Waals surface area contributed by atoms with Crippen LogP contribution >= 0.6 is 12.4 Å². The zero-order chi connectivity index (χ0) is 13.0. The molecule has 0 aromatic heterocycles. The normalized spacial score (nSPS) is 14.4. The molecule has 3 nitrogen and oxygen atoms in total. The lowest BCUT2D eigenvalue weighted by molar-refractivity contribution is -0.173. The Hall–Kier alpha value is -1.14. The van der Waals surface area contributed by atoms with Gasteiger partial charge in [0.15, 0.2) is 0 Å². The first kappa shape index (κ1) is 15.9. The minimum atomic E-state index is -4.25. The lowest BCUT2D eigenvalue weighted by atomic mass is 10.2. The van der Waals surface area contributed by atoms with Crippen LogP contribution in [-0.2, 0) is 4.74 Å². The summed E-state index contributed by atoms with van der Waals surface area (Å²) in [7, 11) is 0. The number of ether oxygens (including phenoxy) is 1. The molecule has 0 fully saturated rings. The second-order valence-corrected chi connectivity index (χ2v) is 4.10. The number of halogens is 4. The summed E-state index contributed by atoms with van der Waals surface area (Å²) in [5.74, 6) is 0. The number of rotatable bonds is 4. The van der Waals surface area contributed by atoms with Crippen LogP contribution in [0.2, 0.25) is 0 Å². The van der Waals surface area contributed by atoms with Gasteiger partial charge in [0.2, 0.25) is 0 Å². The van der Waals surface area contributed by atoms with Gasteiger partial charge < -0.3 is 15.0 Å². The van der Waals surface area contributed by atoms with E-state index in [0.717, 1.165) is 24.5 Å². The Morgan fingerprint density at radius 2 is 2.00 bits per heavy atom. The number of para-hydroxylation sites is 2. The molecule has 0 atom stereocenters. The van der Waals surface area contributed by atoms with Crippen molar-refractivity contribution in [3.05, 3.63) is 24.3 Å². The van der Waals surface area contributed by atoms with Crippen LogP contribution in [0.15, 0.2) is 24.3 Å². The first-order valence-electron chi connectivity index (χ1n) is 5.78. The van der Waals surface area contributed by atoms with Crippen LogP contribution in [0.25, 0.3) is 0 Å². The molecule has 1 aromatic carbocycles. The van der Waals surface area contributed by atoms with E-state index < -0.39 is 12.8 Å². The predicted octanol–water partition coefficient (Wildman–Crippen LogP) is 2.92. The summed E-state index contributed by atoms with van der Waals surface area (Å²) in [6, 6.07) is 7.74. The lowest BCUT2D eigenvalue weighted by Crippen LogP contribution is -2.36. The van der Waals surface area contributed by atoms with E-state index in [1.807, 2.05) is 29.2 Å². The van der Waals surface area contributed by atoms with Crippen molar-refractivity contribution in [3.8, 4) is 0 Å². The molecule has 0 unspecified atom stereocenters. The first-order valence-corrected chi connectivity index (χ1v) is 5.78. The Morgan fingerprint density at radius 3 is 2.74 bits per heavy atom. The molecular formula is C12H16ClF3N2O. The highest BCUT2D eigenvalue weighted by Gasteiger charge is 2.27. The highest BCUT2D eigenvalue weighted by molar-refractivity contribution is 5.85. The third-order valence-electron chi connectivity index (χ3n) is 2.71. The topological polar surface area (TPSA) is 24.5 Å². The number of nitrogens with one attached hydrogen (secondary N) is 1. The zero-order valence-corrected chi connectivity index (χ0v) is 11.1. The standard InChI is InChI=1S/C12H15F3N2O.ClH/c13-12(14,15)9-18-8-7-17-6-5-16-10-3-1-2-4-11(10)17;/h1-4,16H,5-9H2;1H. The molecule has 1 heterocycles. The van der Waals surface area contributed by atoms with Crippen LogP contribution in [-0.4, -0.2) is 39.0 Å². The Kier molecular flexibility index (Phi) is 5.75. The van der Waals surface area contributed by atoms with Crippen LogP contribution in [0.4, 0.5) is 24.5 Å². The van der Waals surface area contributed by atoms with Crippen molar-refractivity contribution < 1.29 is 17.9 Å². The van der Waals surface area contributed by atoms with E-state index in [4.69, 9.17) is 0 Å². The third kappa shape index (κ3) is 4.80. The summed E-state index contributed by atoms with van der Waals surface area (Å²) in [4.78, 5) is 2.03. The fourth-order valence-corrected chi connectivity index (χ4v) is 1.94. The minimum Gasteiger partial charge on any atom is -0.382 e. The molecule has 0 saturated heterocycles. The van der Waals surface area contributed by atoms with Gasteiger partial charge in [-0.05, 0) is 12.1 Å². The molecule has 1 N–H and O–H groups in total. The Bertz CT molecular complexity index is 401. The van der Waals surface area contributed by atoms with Gasteiger partial charge >= 0.3 is 6.18 Å². The molecule has 0 amide bonds. The van der Waals surface area contributed by atoms with Gasteiger partial charge in [0, 0.05) is 19.6 Å². The fraction of sp³-hybridized carbons (Fsp3) is 0.500. The third-order valence-corrected chi connectivity index (χ3v) is 2.71. The van der Waals surface area contributed by atoms with E-state index in [1.54, 1.807) is 0 Å². The number of hydrogen-bond acceptors (Lipinski definition) is 3. The van der Waals surface area contributed by atoms with E-state index in [2.05, 4.69) is 10.1 Å². The van der Waals surface area contributed by atoms with Crippen molar-refractivity contribution in [1.82, 2.24) is 0 Å². The van der Waals surface area contributed by atoms with Crippen LogP contribution in [0.3, 0.4) is 0 Å². The highest BCUT2D eigenvalue weighted by atomic mass is 35.5. The first-order chi connectivity index (χ1) is 8.56. The van der Waals surface area contributed by atoms with E-state index >= 15 is 0 Å². The van der Waals surface area contributed by atoms with Crippen LogP contribution in [0, 0.1) is 0 Å². The molecule has 1 aromatic rings. The molecule has 0 spiro atoms. The summed E-state index contributed by atoms with van der Waals surface area (Å²) in [5.41, 5.74) is 2.03. The van der Waals surface area contributed by atoms with Crippen molar-refractivity contribution in [2.24, 2.45) is 0 Å². The predicted molar refractivity (Wildman–Crippen MR) is 71.3 cm³/mol. The maximum absolute atomic E-state index is 11.9. The summed E-state index contributed by atoms with van der Waals surface area (Å²) in [6.07, 6.45) is -4.25. The molecular weight excluding hydrogens is 281 g/mol. The summed E-state index contributed by atoms with van der Waals surface area (Å²) in [6.45, 7) is 0.923. The Morgan fingerprint density at radius 1 is 1.26 bits per heavy atom. The second-order valence-electron chi connectivity index (χ2n) is 4.10. The van der Waals surface area contributed by atoms with Gasteiger partial charge in [0.1, 0.15) is 6.61 Å². The number of anilines is 2. The molecule has 1 aliphatic rings. The average Bonchev–Trinajstić information content (AvgIpc) is 2.33. The average molecular weight is 297 g/mol. The molecule has 0 bridgehead atoms. The largest absolute Gasteiger partial charge is 0.411 e. The Balaban J connectivity index is 0.00000180. The quantitative estimate of drug-likeness (QED) is 0.865. The van der Waals surface area contributed by atoms with Crippen LogP contribution < -0.4 is 10.2 Å². The highest BCUT2D eigenvalue weighted by Crippen LogP contribution is 2.27.